The summed E-state index contributed by atoms with van der Waals surface area (Å²) < 4.78 is 0.918. The van der Waals surface area contributed by atoms with E-state index in [1.54, 1.807) is 0 Å². The van der Waals surface area contributed by atoms with Crippen LogP contribution in [0.4, 0.5) is 0 Å². The number of Topliss-reactive ketones (excluding diaryl/α,β-unsaturated/α-hetero) is 1. The summed E-state index contributed by atoms with van der Waals surface area (Å²) in [6.07, 6.45) is 1.03. The quantitative estimate of drug-likeness (QED) is 0.767. The first-order valence-electron chi connectivity index (χ1n) is 4.65. The molecule has 1 unspecified atom stereocenters. The molecule has 1 aliphatic heterocycles. The van der Waals surface area contributed by atoms with Crippen LogP contribution in [0.1, 0.15) is 16.8 Å². The van der Waals surface area contributed by atoms with Crippen LogP contribution in [0, 0.1) is 5.92 Å². The van der Waals surface area contributed by atoms with E-state index >= 15 is 0 Å². The number of thioether (sulfide) groups is 1. The second kappa shape index (κ2) is 4.49. The van der Waals surface area contributed by atoms with Crippen LogP contribution in [-0.2, 0) is 0 Å². The molecule has 0 radical (unpaired) electrons. The standard InChI is InChI=1S/C11H11BrOS/c12-10-4-2-1-3-9(10)11(13)8-5-6-14-7-8/h1-4,8H,5-7H2. The average Bonchev–Trinajstić information content (AvgIpc) is 2.70. The van der Waals surface area contributed by atoms with Crippen molar-refractivity contribution in [2.24, 2.45) is 5.92 Å². The number of hydrogen-bond donors (Lipinski definition) is 0. The minimum Gasteiger partial charge on any atom is -0.294 e. The molecule has 3 heteroatoms. The van der Waals surface area contributed by atoms with Crippen LogP contribution < -0.4 is 0 Å². The van der Waals surface area contributed by atoms with Crippen LogP contribution >= 0.6 is 27.7 Å². The van der Waals surface area contributed by atoms with Crippen LogP contribution in [-0.4, -0.2) is 17.3 Å². The predicted molar refractivity (Wildman–Crippen MR) is 63.9 cm³/mol. The highest BCUT2D eigenvalue weighted by Crippen LogP contribution is 2.28. The van der Waals surface area contributed by atoms with E-state index in [4.69, 9.17) is 0 Å². The molecule has 1 saturated heterocycles. The molecule has 1 fully saturated rings. The Balaban J connectivity index is 2.22. The molecular weight excluding hydrogens is 260 g/mol. The van der Waals surface area contributed by atoms with Gasteiger partial charge in [0.1, 0.15) is 0 Å². The smallest absolute Gasteiger partial charge is 0.167 e. The molecule has 0 spiro atoms. The van der Waals surface area contributed by atoms with Crippen molar-refractivity contribution >= 4 is 33.5 Å². The van der Waals surface area contributed by atoms with Crippen molar-refractivity contribution < 1.29 is 4.79 Å². The summed E-state index contributed by atoms with van der Waals surface area (Å²) in [5.41, 5.74) is 0.833. The minimum absolute atomic E-state index is 0.235. The van der Waals surface area contributed by atoms with E-state index in [1.807, 2.05) is 36.0 Å². The van der Waals surface area contributed by atoms with E-state index < -0.39 is 0 Å². The minimum atomic E-state index is 0.235. The van der Waals surface area contributed by atoms with E-state index in [-0.39, 0.29) is 5.92 Å². The molecule has 0 aliphatic carbocycles. The second-order valence-electron chi connectivity index (χ2n) is 3.40. The molecule has 1 nitrogen and oxygen atoms in total. The third kappa shape index (κ3) is 2.04. The maximum atomic E-state index is 12.0. The maximum absolute atomic E-state index is 12.0. The van der Waals surface area contributed by atoms with Gasteiger partial charge in [-0.15, -0.1) is 0 Å². The third-order valence-corrected chi connectivity index (χ3v) is 4.29. The molecule has 0 aromatic heterocycles. The fourth-order valence-electron chi connectivity index (χ4n) is 1.62. The van der Waals surface area contributed by atoms with Gasteiger partial charge >= 0.3 is 0 Å². The maximum Gasteiger partial charge on any atom is 0.167 e. The first kappa shape index (κ1) is 10.2. The Hall–Kier alpha value is -0.280. The zero-order valence-electron chi connectivity index (χ0n) is 7.70. The summed E-state index contributed by atoms with van der Waals surface area (Å²) in [4.78, 5) is 12.0. The summed E-state index contributed by atoms with van der Waals surface area (Å²) in [7, 11) is 0. The fourth-order valence-corrected chi connectivity index (χ4v) is 3.32. The number of rotatable bonds is 2. The van der Waals surface area contributed by atoms with Gasteiger partial charge in [-0.3, -0.25) is 4.79 Å². The molecule has 0 amide bonds. The van der Waals surface area contributed by atoms with Gasteiger partial charge in [0.25, 0.3) is 0 Å². The highest BCUT2D eigenvalue weighted by atomic mass is 79.9. The molecular formula is C11H11BrOS. The van der Waals surface area contributed by atoms with E-state index in [0.717, 1.165) is 28.0 Å². The number of carbonyl (C=O) groups excluding carboxylic acids is 1. The van der Waals surface area contributed by atoms with Gasteiger partial charge in [0.15, 0.2) is 5.78 Å². The largest absolute Gasteiger partial charge is 0.294 e. The van der Waals surface area contributed by atoms with E-state index in [9.17, 15) is 4.79 Å². The number of halogens is 1. The molecule has 14 heavy (non-hydrogen) atoms. The van der Waals surface area contributed by atoms with Gasteiger partial charge in [0, 0.05) is 21.7 Å². The van der Waals surface area contributed by atoms with Crippen molar-refractivity contribution in [1.82, 2.24) is 0 Å². The van der Waals surface area contributed by atoms with Crippen molar-refractivity contribution in [2.45, 2.75) is 6.42 Å². The van der Waals surface area contributed by atoms with Gasteiger partial charge in [0.05, 0.1) is 0 Å². The number of carbonyl (C=O) groups is 1. The molecule has 0 bridgehead atoms. The summed E-state index contributed by atoms with van der Waals surface area (Å²) in [5.74, 6) is 2.64. The molecule has 1 aromatic carbocycles. The monoisotopic (exact) mass is 270 g/mol. The van der Waals surface area contributed by atoms with Gasteiger partial charge < -0.3 is 0 Å². The van der Waals surface area contributed by atoms with Gasteiger partial charge in [-0.25, -0.2) is 0 Å². The zero-order valence-corrected chi connectivity index (χ0v) is 10.1. The van der Waals surface area contributed by atoms with Crippen molar-refractivity contribution in [3.8, 4) is 0 Å². The Morgan fingerprint density at radius 3 is 2.86 bits per heavy atom. The van der Waals surface area contributed by atoms with Crippen molar-refractivity contribution in [3.05, 3.63) is 34.3 Å². The Labute approximate surface area is 96.4 Å². The summed E-state index contributed by atoms with van der Waals surface area (Å²) in [5, 5.41) is 0. The van der Waals surface area contributed by atoms with Crippen LogP contribution in [0.3, 0.4) is 0 Å². The first-order valence-corrected chi connectivity index (χ1v) is 6.60. The Morgan fingerprint density at radius 2 is 2.21 bits per heavy atom. The molecule has 2 rings (SSSR count). The number of benzene rings is 1. The lowest BCUT2D eigenvalue weighted by molar-refractivity contribution is 0.0933. The summed E-state index contributed by atoms with van der Waals surface area (Å²) in [6, 6.07) is 7.68. The molecule has 1 aliphatic rings. The van der Waals surface area contributed by atoms with Crippen LogP contribution in [0.2, 0.25) is 0 Å². The van der Waals surface area contributed by atoms with Crippen molar-refractivity contribution in [3.63, 3.8) is 0 Å². The topological polar surface area (TPSA) is 17.1 Å². The van der Waals surface area contributed by atoms with Gasteiger partial charge in [-0.05, 0) is 18.2 Å². The van der Waals surface area contributed by atoms with Crippen molar-refractivity contribution in [2.75, 3.05) is 11.5 Å². The lowest BCUT2D eigenvalue weighted by atomic mass is 9.97. The summed E-state index contributed by atoms with van der Waals surface area (Å²) in [6.45, 7) is 0. The molecule has 1 aromatic rings. The Kier molecular flexibility index (Phi) is 3.29. The molecule has 1 heterocycles. The first-order chi connectivity index (χ1) is 6.79. The SMILES string of the molecule is O=C(c1ccccc1Br)C1CCSC1. The molecule has 74 valence electrons. The van der Waals surface area contributed by atoms with Crippen LogP contribution in [0.5, 0.6) is 0 Å². The van der Waals surface area contributed by atoms with Gasteiger partial charge in [-0.2, -0.15) is 11.8 Å². The normalized spacial score (nSPS) is 21.1. The number of hydrogen-bond acceptors (Lipinski definition) is 2. The molecule has 0 N–H and O–H groups in total. The molecule has 0 saturated carbocycles. The number of ketones is 1. The van der Waals surface area contributed by atoms with Crippen LogP contribution in [0.25, 0.3) is 0 Å². The van der Waals surface area contributed by atoms with Crippen molar-refractivity contribution in [1.29, 1.82) is 0 Å². The fraction of sp³-hybridized carbons (Fsp3) is 0.364. The highest BCUT2D eigenvalue weighted by molar-refractivity contribution is 9.10. The predicted octanol–water partition coefficient (Wildman–Crippen LogP) is 3.38. The highest BCUT2D eigenvalue weighted by Gasteiger charge is 2.25. The summed E-state index contributed by atoms with van der Waals surface area (Å²) >= 11 is 5.29. The van der Waals surface area contributed by atoms with E-state index in [2.05, 4.69) is 15.9 Å². The second-order valence-corrected chi connectivity index (χ2v) is 5.41. The Morgan fingerprint density at radius 1 is 1.43 bits per heavy atom. The lowest BCUT2D eigenvalue weighted by Gasteiger charge is -2.08. The van der Waals surface area contributed by atoms with E-state index in [0.29, 0.717) is 5.78 Å². The average molecular weight is 271 g/mol. The van der Waals surface area contributed by atoms with E-state index in [1.165, 1.54) is 0 Å². The van der Waals surface area contributed by atoms with Gasteiger partial charge in [-0.1, -0.05) is 34.1 Å². The third-order valence-electron chi connectivity index (χ3n) is 2.44. The molecule has 1 atom stereocenters. The Bertz CT molecular complexity index is 345. The van der Waals surface area contributed by atoms with Crippen LogP contribution in [0.15, 0.2) is 28.7 Å². The zero-order chi connectivity index (χ0) is 9.97. The lowest BCUT2D eigenvalue weighted by Crippen LogP contribution is -2.14. The van der Waals surface area contributed by atoms with Gasteiger partial charge in [0.2, 0.25) is 0 Å².